The van der Waals surface area contributed by atoms with Gasteiger partial charge in [-0.25, -0.2) is 8.42 Å². The molecule has 0 saturated heterocycles. The van der Waals surface area contributed by atoms with Crippen molar-refractivity contribution < 1.29 is 13.2 Å². The van der Waals surface area contributed by atoms with Crippen molar-refractivity contribution in [3.05, 3.63) is 12.4 Å². The van der Waals surface area contributed by atoms with E-state index in [0.29, 0.717) is 32.8 Å². The van der Waals surface area contributed by atoms with E-state index >= 15 is 0 Å². The number of rotatable bonds is 11. The Morgan fingerprint density at radius 3 is 2.81 bits per heavy atom. The Hall–Kier alpha value is -0.960. The zero-order valence-corrected chi connectivity index (χ0v) is 13.9. The number of hydrogen-bond donors (Lipinski definition) is 1. The summed E-state index contributed by atoms with van der Waals surface area (Å²) in [5.41, 5.74) is 0. The van der Waals surface area contributed by atoms with E-state index in [1.165, 1.54) is 10.5 Å². The first kappa shape index (κ1) is 18.1. The molecule has 0 aliphatic heterocycles. The first-order valence-corrected chi connectivity index (χ1v) is 8.75. The molecule has 0 aliphatic rings. The molecule has 0 fully saturated rings. The number of likely N-dealkylation sites (N-methyl/N-ethyl adjacent to an activating group) is 1. The molecule has 1 aromatic rings. The predicted molar refractivity (Wildman–Crippen MR) is 81.7 cm³/mol. The van der Waals surface area contributed by atoms with Crippen LogP contribution in [0.1, 0.15) is 20.3 Å². The van der Waals surface area contributed by atoms with Gasteiger partial charge in [0.2, 0.25) is 10.0 Å². The number of nitrogens with zero attached hydrogens (tertiary/aromatic N) is 3. The molecule has 21 heavy (non-hydrogen) atoms. The van der Waals surface area contributed by atoms with Gasteiger partial charge in [0.1, 0.15) is 4.90 Å². The maximum absolute atomic E-state index is 12.5. The summed E-state index contributed by atoms with van der Waals surface area (Å²) >= 11 is 0. The molecule has 0 spiro atoms. The zero-order chi connectivity index (χ0) is 15.7. The second-order valence-corrected chi connectivity index (χ2v) is 6.53. The van der Waals surface area contributed by atoms with Gasteiger partial charge in [-0.15, -0.1) is 0 Å². The van der Waals surface area contributed by atoms with Crippen LogP contribution in [0.25, 0.3) is 0 Å². The van der Waals surface area contributed by atoms with Crippen LogP contribution >= 0.6 is 0 Å². The largest absolute Gasteiger partial charge is 0.380 e. The summed E-state index contributed by atoms with van der Waals surface area (Å²) in [7, 11) is -1.60. The standard InChI is InChI=1S/C13H26N4O3S/c1-4-17(9-10-20-5-2)21(18,19)13-11-15-16(12-13)8-6-7-14-3/h11-12,14H,4-10H2,1-3H3. The SMILES string of the molecule is CCOCCN(CC)S(=O)(=O)c1cnn(CCCNC)c1. The number of aromatic nitrogens is 2. The summed E-state index contributed by atoms with van der Waals surface area (Å²) in [6.45, 7) is 7.04. The Labute approximate surface area is 127 Å². The summed E-state index contributed by atoms with van der Waals surface area (Å²) < 4.78 is 33.3. The normalized spacial score (nSPS) is 12.2. The van der Waals surface area contributed by atoms with Crippen molar-refractivity contribution >= 4 is 10.0 Å². The molecular formula is C13H26N4O3S. The molecule has 1 aromatic heterocycles. The first-order chi connectivity index (χ1) is 10.1. The topological polar surface area (TPSA) is 76.5 Å². The van der Waals surface area contributed by atoms with Crippen LogP contribution in [-0.4, -0.2) is 62.4 Å². The highest BCUT2D eigenvalue weighted by molar-refractivity contribution is 7.89. The van der Waals surface area contributed by atoms with Crippen LogP contribution < -0.4 is 5.32 Å². The molecule has 0 aromatic carbocycles. The molecule has 122 valence electrons. The molecule has 1 N–H and O–H groups in total. The van der Waals surface area contributed by atoms with Gasteiger partial charge in [0, 0.05) is 32.4 Å². The van der Waals surface area contributed by atoms with Crippen molar-refractivity contribution in [2.75, 3.05) is 39.9 Å². The van der Waals surface area contributed by atoms with Gasteiger partial charge in [0.05, 0.1) is 12.8 Å². The maximum atomic E-state index is 12.5. The van der Waals surface area contributed by atoms with Gasteiger partial charge in [-0.1, -0.05) is 6.92 Å². The van der Waals surface area contributed by atoms with Crippen molar-refractivity contribution in [2.24, 2.45) is 0 Å². The van der Waals surface area contributed by atoms with Crippen molar-refractivity contribution in [1.82, 2.24) is 19.4 Å². The number of ether oxygens (including phenoxy) is 1. The molecule has 0 amide bonds. The lowest BCUT2D eigenvalue weighted by Gasteiger charge is -2.19. The molecule has 0 aliphatic carbocycles. The minimum atomic E-state index is -3.49. The highest BCUT2D eigenvalue weighted by Gasteiger charge is 2.24. The van der Waals surface area contributed by atoms with Crippen molar-refractivity contribution in [2.45, 2.75) is 31.7 Å². The van der Waals surface area contributed by atoms with Crippen LogP contribution in [0, 0.1) is 0 Å². The van der Waals surface area contributed by atoms with Crippen molar-refractivity contribution in [1.29, 1.82) is 0 Å². The summed E-state index contributed by atoms with van der Waals surface area (Å²) in [5, 5.41) is 7.17. The smallest absolute Gasteiger partial charge is 0.246 e. The van der Waals surface area contributed by atoms with E-state index in [0.717, 1.165) is 13.0 Å². The lowest BCUT2D eigenvalue weighted by atomic mass is 10.4. The van der Waals surface area contributed by atoms with Gasteiger partial charge in [-0.2, -0.15) is 9.40 Å². The van der Waals surface area contributed by atoms with Crippen molar-refractivity contribution in [3.8, 4) is 0 Å². The van der Waals surface area contributed by atoms with E-state index in [-0.39, 0.29) is 4.90 Å². The molecular weight excluding hydrogens is 292 g/mol. The number of hydrogen-bond acceptors (Lipinski definition) is 5. The monoisotopic (exact) mass is 318 g/mol. The van der Waals surface area contributed by atoms with Gasteiger partial charge in [-0.3, -0.25) is 4.68 Å². The Kier molecular flexibility index (Phi) is 7.87. The Balaban J connectivity index is 2.71. The van der Waals surface area contributed by atoms with E-state index in [1.54, 1.807) is 10.9 Å². The van der Waals surface area contributed by atoms with Gasteiger partial charge in [0.25, 0.3) is 0 Å². The number of aryl methyl sites for hydroxylation is 1. The zero-order valence-electron chi connectivity index (χ0n) is 13.1. The van der Waals surface area contributed by atoms with Crippen molar-refractivity contribution in [3.63, 3.8) is 0 Å². The van der Waals surface area contributed by atoms with Crippen LogP contribution in [0.4, 0.5) is 0 Å². The van der Waals surface area contributed by atoms with Gasteiger partial charge < -0.3 is 10.1 Å². The molecule has 0 bridgehead atoms. The molecule has 0 unspecified atom stereocenters. The van der Waals surface area contributed by atoms with Gasteiger partial charge in [0.15, 0.2) is 0 Å². The average Bonchev–Trinajstić information content (AvgIpc) is 2.93. The fraction of sp³-hybridized carbons (Fsp3) is 0.769. The van der Waals surface area contributed by atoms with Crippen LogP contribution in [0.15, 0.2) is 17.3 Å². The summed E-state index contributed by atoms with van der Waals surface area (Å²) in [6.07, 6.45) is 3.91. The lowest BCUT2D eigenvalue weighted by molar-refractivity contribution is 0.135. The van der Waals surface area contributed by atoms with Crippen LogP contribution in [0.2, 0.25) is 0 Å². The second kappa shape index (κ2) is 9.14. The highest BCUT2D eigenvalue weighted by Crippen LogP contribution is 2.14. The molecule has 8 heteroatoms. The molecule has 0 atom stereocenters. The fourth-order valence-electron chi connectivity index (χ4n) is 1.93. The minimum Gasteiger partial charge on any atom is -0.380 e. The Morgan fingerprint density at radius 1 is 1.43 bits per heavy atom. The Morgan fingerprint density at radius 2 is 2.19 bits per heavy atom. The summed E-state index contributed by atoms with van der Waals surface area (Å²) in [6, 6.07) is 0. The molecule has 1 heterocycles. The second-order valence-electron chi connectivity index (χ2n) is 4.59. The molecule has 0 saturated carbocycles. The minimum absolute atomic E-state index is 0.241. The summed E-state index contributed by atoms with van der Waals surface area (Å²) in [5.74, 6) is 0. The predicted octanol–water partition coefficient (Wildman–Crippen LogP) is 0.540. The third kappa shape index (κ3) is 5.39. The van der Waals surface area contributed by atoms with E-state index in [9.17, 15) is 8.42 Å². The highest BCUT2D eigenvalue weighted by atomic mass is 32.2. The van der Waals surface area contributed by atoms with Gasteiger partial charge in [-0.05, 0) is 26.9 Å². The molecule has 7 nitrogen and oxygen atoms in total. The third-order valence-electron chi connectivity index (χ3n) is 3.10. The molecule has 0 radical (unpaired) electrons. The van der Waals surface area contributed by atoms with E-state index < -0.39 is 10.0 Å². The summed E-state index contributed by atoms with van der Waals surface area (Å²) in [4.78, 5) is 0.241. The quantitative estimate of drug-likeness (QED) is 0.603. The van der Waals surface area contributed by atoms with E-state index in [1.807, 2.05) is 20.9 Å². The average molecular weight is 318 g/mol. The first-order valence-electron chi connectivity index (χ1n) is 7.31. The van der Waals surface area contributed by atoms with Gasteiger partial charge >= 0.3 is 0 Å². The molecule has 1 rings (SSSR count). The van der Waals surface area contributed by atoms with Crippen LogP contribution in [0.3, 0.4) is 0 Å². The van der Waals surface area contributed by atoms with Crippen LogP contribution in [0.5, 0.6) is 0 Å². The van der Waals surface area contributed by atoms with Crippen LogP contribution in [-0.2, 0) is 21.3 Å². The fourth-order valence-corrected chi connectivity index (χ4v) is 3.31. The number of sulfonamides is 1. The third-order valence-corrected chi connectivity index (χ3v) is 5.03. The lowest BCUT2D eigenvalue weighted by Crippen LogP contribution is -2.33. The Bertz CT molecular complexity index is 501. The van der Waals surface area contributed by atoms with E-state index in [2.05, 4.69) is 10.4 Å². The van der Waals surface area contributed by atoms with E-state index in [4.69, 9.17) is 4.74 Å². The maximum Gasteiger partial charge on any atom is 0.246 e. The number of nitrogens with one attached hydrogen (secondary N) is 1.